The van der Waals surface area contributed by atoms with Gasteiger partial charge >= 0.3 is 5.97 Å². The summed E-state index contributed by atoms with van der Waals surface area (Å²) in [6, 6.07) is 10.7. The number of fused-ring (bicyclic) bond motifs is 1. The van der Waals surface area contributed by atoms with Gasteiger partial charge in [-0.15, -0.1) is 0 Å². The van der Waals surface area contributed by atoms with Crippen LogP contribution in [-0.4, -0.2) is 20.6 Å². The molecule has 2 aromatic heterocycles. The van der Waals surface area contributed by atoms with Gasteiger partial charge < -0.3 is 9.67 Å². The third-order valence-electron chi connectivity index (χ3n) is 3.28. The Bertz CT molecular complexity index is 824. The molecule has 0 aliphatic heterocycles. The van der Waals surface area contributed by atoms with Crippen molar-refractivity contribution in [3.8, 4) is 11.4 Å². The van der Waals surface area contributed by atoms with Crippen molar-refractivity contribution in [3.05, 3.63) is 53.2 Å². The van der Waals surface area contributed by atoms with E-state index < -0.39 is 5.97 Å². The number of aryl methyl sites for hydroxylation is 1. The maximum Gasteiger partial charge on any atom is 0.335 e. The Hall–Kier alpha value is -2.33. The van der Waals surface area contributed by atoms with Crippen LogP contribution in [-0.2, 0) is 7.05 Å². The third kappa shape index (κ3) is 1.94. The van der Waals surface area contributed by atoms with E-state index in [4.69, 9.17) is 16.7 Å². The van der Waals surface area contributed by atoms with E-state index >= 15 is 0 Å². The number of hydrogen-bond donors (Lipinski definition) is 1. The number of pyridine rings is 1. The zero-order valence-corrected chi connectivity index (χ0v) is 11.4. The number of aromatic carboxylic acids is 1. The zero-order chi connectivity index (χ0) is 14.3. The Labute approximate surface area is 120 Å². The molecule has 0 amide bonds. The van der Waals surface area contributed by atoms with Crippen molar-refractivity contribution in [1.82, 2.24) is 9.55 Å². The van der Waals surface area contributed by atoms with Crippen molar-refractivity contribution in [1.29, 1.82) is 0 Å². The van der Waals surface area contributed by atoms with Gasteiger partial charge in [0.05, 0.1) is 27.5 Å². The molecule has 0 radical (unpaired) electrons. The lowest BCUT2D eigenvalue weighted by Crippen LogP contribution is -1.99. The highest BCUT2D eigenvalue weighted by molar-refractivity contribution is 6.35. The van der Waals surface area contributed by atoms with Crippen LogP contribution < -0.4 is 0 Å². The number of rotatable bonds is 2. The molecule has 1 aromatic carbocycles. The summed E-state index contributed by atoms with van der Waals surface area (Å²) in [5.41, 5.74) is 2.56. The van der Waals surface area contributed by atoms with Crippen LogP contribution in [0.25, 0.3) is 22.3 Å². The van der Waals surface area contributed by atoms with Gasteiger partial charge in [-0.05, 0) is 24.3 Å². The van der Waals surface area contributed by atoms with Crippen molar-refractivity contribution < 1.29 is 9.90 Å². The van der Waals surface area contributed by atoms with Crippen LogP contribution in [0.15, 0.2) is 42.6 Å². The molecule has 0 aliphatic carbocycles. The molecular weight excluding hydrogens is 276 g/mol. The lowest BCUT2D eigenvalue weighted by Gasteiger charge is -2.05. The van der Waals surface area contributed by atoms with E-state index in [1.807, 2.05) is 35.9 Å². The van der Waals surface area contributed by atoms with E-state index in [1.54, 1.807) is 6.07 Å². The van der Waals surface area contributed by atoms with Gasteiger partial charge in [-0.1, -0.05) is 23.7 Å². The minimum atomic E-state index is -0.967. The average molecular weight is 287 g/mol. The summed E-state index contributed by atoms with van der Waals surface area (Å²) < 4.78 is 1.92. The number of carboxylic acids is 1. The van der Waals surface area contributed by atoms with E-state index in [9.17, 15) is 4.79 Å². The van der Waals surface area contributed by atoms with Gasteiger partial charge in [0.15, 0.2) is 0 Å². The SMILES string of the molecule is Cn1c(-c2cc(C(=O)O)ccn2)cc2cccc(Cl)c21. The van der Waals surface area contributed by atoms with Crippen molar-refractivity contribution in [3.63, 3.8) is 0 Å². The second-order valence-electron chi connectivity index (χ2n) is 4.50. The fraction of sp³-hybridized carbons (Fsp3) is 0.0667. The molecule has 0 saturated carbocycles. The molecule has 4 nitrogen and oxygen atoms in total. The lowest BCUT2D eigenvalue weighted by atomic mass is 10.2. The maximum absolute atomic E-state index is 11.0. The summed E-state index contributed by atoms with van der Waals surface area (Å²) in [4.78, 5) is 15.3. The molecule has 1 N–H and O–H groups in total. The van der Waals surface area contributed by atoms with Gasteiger partial charge in [-0.2, -0.15) is 0 Å². The number of benzene rings is 1. The van der Waals surface area contributed by atoms with Crippen LogP contribution in [0.3, 0.4) is 0 Å². The minimum absolute atomic E-state index is 0.214. The molecule has 2 heterocycles. The highest BCUT2D eigenvalue weighted by atomic mass is 35.5. The first-order chi connectivity index (χ1) is 9.58. The normalized spacial score (nSPS) is 10.9. The molecule has 0 fully saturated rings. The van der Waals surface area contributed by atoms with Crippen LogP contribution in [0.5, 0.6) is 0 Å². The van der Waals surface area contributed by atoms with Crippen LogP contribution in [0.1, 0.15) is 10.4 Å². The number of carbonyl (C=O) groups is 1. The standard InChI is InChI=1S/C15H11ClN2O2/c1-18-13(8-9-3-2-4-11(16)14(9)18)12-7-10(15(19)20)5-6-17-12/h2-8H,1H3,(H,19,20). The average Bonchev–Trinajstić information content (AvgIpc) is 2.77. The van der Waals surface area contributed by atoms with E-state index in [2.05, 4.69) is 4.98 Å². The Morgan fingerprint density at radius 3 is 2.80 bits per heavy atom. The number of hydrogen-bond acceptors (Lipinski definition) is 2. The molecular formula is C15H11ClN2O2. The van der Waals surface area contributed by atoms with Gasteiger partial charge in [-0.25, -0.2) is 4.79 Å². The molecule has 0 atom stereocenters. The van der Waals surface area contributed by atoms with E-state index in [-0.39, 0.29) is 5.56 Å². The summed E-state index contributed by atoms with van der Waals surface area (Å²) in [7, 11) is 1.89. The highest BCUT2D eigenvalue weighted by Gasteiger charge is 2.13. The van der Waals surface area contributed by atoms with E-state index in [0.717, 1.165) is 16.6 Å². The first kappa shape index (κ1) is 12.7. The largest absolute Gasteiger partial charge is 0.478 e. The first-order valence-electron chi connectivity index (χ1n) is 6.01. The molecule has 20 heavy (non-hydrogen) atoms. The lowest BCUT2D eigenvalue weighted by molar-refractivity contribution is 0.0697. The quantitative estimate of drug-likeness (QED) is 0.783. The van der Waals surface area contributed by atoms with Crippen LogP contribution in [0.4, 0.5) is 0 Å². The van der Waals surface area contributed by atoms with Gasteiger partial charge in [-0.3, -0.25) is 4.98 Å². The van der Waals surface area contributed by atoms with Crippen molar-refractivity contribution >= 4 is 28.5 Å². The number of carboxylic acid groups (broad SMARTS) is 1. The Morgan fingerprint density at radius 2 is 2.10 bits per heavy atom. The minimum Gasteiger partial charge on any atom is -0.478 e. The van der Waals surface area contributed by atoms with Gasteiger partial charge in [0.2, 0.25) is 0 Å². The zero-order valence-electron chi connectivity index (χ0n) is 10.7. The second kappa shape index (κ2) is 4.65. The molecule has 100 valence electrons. The van der Waals surface area contributed by atoms with Crippen molar-refractivity contribution in [2.75, 3.05) is 0 Å². The van der Waals surface area contributed by atoms with E-state index in [1.165, 1.54) is 12.3 Å². The fourth-order valence-electron chi connectivity index (χ4n) is 2.32. The summed E-state index contributed by atoms with van der Waals surface area (Å²) in [5, 5.41) is 10.7. The Morgan fingerprint density at radius 1 is 1.30 bits per heavy atom. The first-order valence-corrected chi connectivity index (χ1v) is 6.39. The van der Waals surface area contributed by atoms with Gasteiger partial charge in [0.1, 0.15) is 0 Å². The predicted octanol–water partition coefficient (Wildman–Crippen LogP) is 3.59. The molecule has 0 saturated heterocycles. The summed E-state index contributed by atoms with van der Waals surface area (Å²) >= 11 is 6.21. The monoisotopic (exact) mass is 286 g/mol. The van der Waals surface area contributed by atoms with Crippen LogP contribution in [0.2, 0.25) is 5.02 Å². The molecule has 0 unspecified atom stereocenters. The fourth-order valence-corrected chi connectivity index (χ4v) is 2.62. The number of para-hydroxylation sites is 1. The third-order valence-corrected chi connectivity index (χ3v) is 3.58. The number of halogens is 1. The molecule has 0 bridgehead atoms. The van der Waals surface area contributed by atoms with Gasteiger partial charge in [0.25, 0.3) is 0 Å². The second-order valence-corrected chi connectivity index (χ2v) is 4.91. The molecule has 0 aliphatic rings. The van der Waals surface area contributed by atoms with Crippen LogP contribution >= 0.6 is 11.6 Å². The Balaban J connectivity index is 2.25. The van der Waals surface area contributed by atoms with Crippen molar-refractivity contribution in [2.45, 2.75) is 0 Å². The number of aromatic nitrogens is 2. The van der Waals surface area contributed by atoms with Crippen LogP contribution in [0, 0.1) is 0 Å². The molecule has 3 rings (SSSR count). The smallest absolute Gasteiger partial charge is 0.335 e. The predicted molar refractivity (Wildman–Crippen MR) is 78.1 cm³/mol. The maximum atomic E-state index is 11.0. The summed E-state index contributed by atoms with van der Waals surface area (Å²) in [6.07, 6.45) is 1.50. The van der Waals surface area contributed by atoms with Gasteiger partial charge in [0, 0.05) is 18.6 Å². The van der Waals surface area contributed by atoms with Crippen molar-refractivity contribution in [2.24, 2.45) is 7.05 Å². The summed E-state index contributed by atoms with van der Waals surface area (Å²) in [5.74, 6) is -0.967. The highest BCUT2D eigenvalue weighted by Crippen LogP contribution is 2.30. The topological polar surface area (TPSA) is 55.1 Å². The Kier molecular flexibility index (Phi) is 2.95. The van der Waals surface area contributed by atoms with E-state index in [0.29, 0.717) is 10.7 Å². The molecule has 5 heteroatoms. The summed E-state index contributed by atoms with van der Waals surface area (Å²) in [6.45, 7) is 0. The number of nitrogens with zero attached hydrogens (tertiary/aromatic N) is 2. The molecule has 3 aromatic rings. The molecule has 0 spiro atoms.